The summed E-state index contributed by atoms with van der Waals surface area (Å²) in [5.74, 6) is -0.365. The van der Waals surface area contributed by atoms with Crippen LogP contribution in [0.4, 0.5) is 0 Å². The molecule has 3 aromatic carbocycles. The van der Waals surface area contributed by atoms with E-state index in [1.807, 2.05) is 54.6 Å². The molecule has 4 heteroatoms. The van der Waals surface area contributed by atoms with Gasteiger partial charge in [-0.15, -0.1) is 0 Å². The second-order valence-corrected chi connectivity index (χ2v) is 7.55. The Bertz CT molecular complexity index is 726. The molecule has 3 nitrogen and oxygen atoms in total. The van der Waals surface area contributed by atoms with Crippen molar-refractivity contribution in [3.05, 3.63) is 108 Å². The third-order valence-electron chi connectivity index (χ3n) is 4.45. The van der Waals surface area contributed by atoms with Gasteiger partial charge < -0.3 is 9.79 Å². The molecule has 3 rings (SSSR count). The average Bonchev–Trinajstić information content (AvgIpc) is 2.70. The second-order valence-electron chi connectivity index (χ2n) is 6.28. The van der Waals surface area contributed by atoms with Crippen LogP contribution in [-0.4, -0.2) is 15.6 Å². The van der Waals surface area contributed by atoms with Crippen molar-refractivity contribution in [1.29, 1.82) is 0 Å². The smallest absolute Gasteiger partial charge is 0.183 e. The Labute approximate surface area is 156 Å². The zero-order valence-electron chi connectivity index (χ0n) is 14.6. The lowest BCUT2D eigenvalue weighted by Crippen LogP contribution is -2.32. The third kappa shape index (κ3) is 5.23. The minimum atomic E-state index is -2.08. The molecule has 0 fully saturated rings. The maximum absolute atomic E-state index is 9.99. The largest absolute Gasteiger partial charge is 0.349 e. The van der Waals surface area contributed by atoms with E-state index in [0.717, 1.165) is 17.5 Å². The first-order valence-electron chi connectivity index (χ1n) is 8.81. The van der Waals surface area contributed by atoms with Crippen LogP contribution < -0.4 is 5.32 Å². The van der Waals surface area contributed by atoms with E-state index in [2.05, 4.69) is 41.7 Å². The van der Waals surface area contributed by atoms with Gasteiger partial charge in [-0.05, 0) is 29.5 Å². The fraction of sp³-hybridized carbons (Fsp3) is 0.182. The Kier molecular flexibility index (Phi) is 6.93. The zero-order valence-corrected chi connectivity index (χ0v) is 15.5. The fourth-order valence-electron chi connectivity index (χ4n) is 3.08. The molecule has 0 radical (unpaired) electrons. The minimum Gasteiger partial charge on any atom is -0.349 e. The lowest BCUT2D eigenvalue weighted by atomic mass is 9.98. The molecule has 1 atom stereocenters. The predicted molar refractivity (Wildman–Crippen MR) is 108 cm³/mol. The molecular formula is C22H24NO2P. The minimum absolute atomic E-state index is 0.0810. The number of aryl methyl sites for hydroxylation is 1. The van der Waals surface area contributed by atoms with Gasteiger partial charge in [0, 0.05) is 0 Å². The van der Waals surface area contributed by atoms with E-state index < -0.39 is 8.38 Å². The highest BCUT2D eigenvalue weighted by atomic mass is 31.2. The molecule has 0 amide bonds. The number of rotatable bonds is 8. The van der Waals surface area contributed by atoms with Crippen LogP contribution in [0.25, 0.3) is 0 Å². The van der Waals surface area contributed by atoms with Gasteiger partial charge in [0.2, 0.25) is 0 Å². The van der Waals surface area contributed by atoms with Crippen molar-refractivity contribution in [2.45, 2.75) is 24.7 Å². The summed E-state index contributed by atoms with van der Waals surface area (Å²) < 4.78 is 0. The molecule has 0 aliphatic carbocycles. The molecule has 0 aliphatic heterocycles. The normalized spacial score (nSPS) is 12.5. The molecule has 0 heterocycles. The first kappa shape index (κ1) is 18.8. The van der Waals surface area contributed by atoms with Crippen LogP contribution in [0.3, 0.4) is 0 Å². The summed E-state index contributed by atoms with van der Waals surface area (Å²) in [6, 6.07) is 30.3. The molecule has 0 aliphatic rings. The van der Waals surface area contributed by atoms with Gasteiger partial charge in [0.1, 0.15) is 0 Å². The summed E-state index contributed by atoms with van der Waals surface area (Å²) in [5.41, 5.74) is 3.42. The second kappa shape index (κ2) is 9.61. The number of nitrogens with one attached hydrogen (secondary N) is 1. The molecule has 3 N–H and O–H groups in total. The molecule has 0 bridgehead atoms. The molecule has 26 heavy (non-hydrogen) atoms. The van der Waals surface area contributed by atoms with E-state index in [1.165, 1.54) is 5.56 Å². The van der Waals surface area contributed by atoms with Gasteiger partial charge in [-0.25, -0.2) is 0 Å². The molecule has 0 saturated heterocycles. The summed E-state index contributed by atoms with van der Waals surface area (Å²) >= 11 is 0. The van der Waals surface area contributed by atoms with Crippen molar-refractivity contribution in [1.82, 2.24) is 5.32 Å². The van der Waals surface area contributed by atoms with E-state index in [0.29, 0.717) is 6.42 Å². The molecule has 3 aromatic rings. The monoisotopic (exact) mass is 365 g/mol. The van der Waals surface area contributed by atoms with E-state index >= 15 is 0 Å². The predicted octanol–water partition coefficient (Wildman–Crippen LogP) is 4.62. The van der Waals surface area contributed by atoms with Gasteiger partial charge >= 0.3 is 0 Å². The quantitative estimate of drug-likeness (QED) is 0.511. The van der Waals surface area contributed by atoms with Crippen LogP contribution in [0.2, 0.25) is 0 Å². The van der Waals surface area contributed by atoms with Gasteiger partial charge in [0.25, 0.3) is 0 Å². The number of benzene rings is 3. The van der Waals surface area contributed by atoms with E-state index in [4.69, 9.17) is 0 Å². The summed E-state index contributed by atoms with van der Waals surface area (Å²) in [6.45, 7) is 0. The Morgan fingerprint density at radius 1 is 0.692 bits per heavy atom. The molecule has 0 spiro atoms. The summed E-state index contributed by atoms with van der Waals surface area (Å²) in [6.07, 6.45) is 1.47. The molecule has 1 unspecified atom stereocenters. The fourth-order valence-corrected chi connectivity index (χ4v) is 3.72. The maximum atomic E-state index is 9.99. The van der Waals surface area contributed by atoms with Crippen LogP contribution >= 0.6 is 8.38 Å². The Morgan fingerprint density at radius 2 is 1.15 bits per heavy atom. The van der Waals surface area contributed by atoms with Gasteiger partial charge in [-0.3, -0.25) is 5.32 Å². The summed E-state index contributed by atoms with van der Waals surface area (Å²) in [7, 11) is -2.08. The average molecular weight is 365 g/mol. The van der Waals surface area contributed by atoms with Crippen molar-refractivity contribution >= 4 is 8.38 Å². The highest BCUT2D eigenvalue weighted by Crippen LogP contribution is 2.35. The summed E-state index contributed by atoms with van der Waals surface area (Å²) in [4.78, 5) is 20.0. The maximum Gasteiger partial charge on any atom is 0.183 e. The lowest BCUT2D eigenvalue weighted by molar-refractivity contribution is 0.424. The van der Waals surface area contributed by atoms with Crippen molar-refractivity contribution in [2.75, 3.05) is 0 Å². The first-order valence-corrected chi connectivity index (χ1v) is 10.1. The first-order chi connectivity index (χ1) is 12.7. The Hall–Kier alpha value is -2.03. The van der Waals surface area contributed by atoms with Crippen LogP contribution in [-0.2, 0) is 6.42 Å². The van der Waals surface area contributed by atoms with Gasteiger partial charge in [-0.2, -0.15) is 0 Å². The van der Waals surface area contributed by atoms with E-state index in [1.54, 1.807) is 0 Å². The van der Waals surface area contributed by atoms with Crippen LogP contribution in [0.5, 0.6) is 0 Å². The molecule has 0 aromatic heterocycles. The Balaban J connectivity index is 1.79. The van der Waals surface area contributed by atoms with Crippen LogP contribution in [0, 0.1) is 0 Å². The highest BCUT2D eigenvalue weighted by molar-refractivity contribution is 7.45. The van der Waals surface area contributed by atoms with E-state index in [9.17, 15) is 9.79 Å². The third-order valence-corrected chi connectivity index (χ3v) is 5.42. The summed E-state index contributed by atoms with van der Waals surface area (Å²) in [5, 5.41) is 3.49. The standard InChI is InChI=1S/C22H24NO2P/c24-26(25)21(17-16-18-10-4-1-5-11-18)23-22(19-12-6-2-7-13-19)20-14-8-3-9-15-20/h1-15,21-25H,16-17H2. The molecular weight excluding hydrogens is 341 g/mol. The molecule has 134 valence electrons. The van der Waals surface area contributed by atoms with Gasteiger partial charge in [0.15, 0.2) is 8.38 Å². The highest BCUT2D eigenvalue weighted by Gasteiger charge is 2.23. The SMILES string of the molecule is OP(O)C(CCc1ccccc1)NC(c1ccccc1)c1ccccc1. The van der Waals surface area contributed by atoms with Crippen molar-refractivity contribution in [2.24, 2.45) is 0 Å². The van der Waals surface area contributed by atoms with Gasteiger partial charge in [-0.1, -0.05) is 91.0 Å². The van der Waals surface area contributed by atoms with Crippen molar-refractivity contribution in [3.8, 4) is 0 Å². The lowest BCUT2D eigenvalue weighted by Gasteiger charge is -2.27. The zero-order chi connectivity index (χ0) is 18.2. The molecule has 0 saturated carbocycles. The number of hydrogen-bond donors (Lipinski definition) is 3. The van der Waals surface area contributed by atoms with E-state index in [-0.39, 0.29) is 11.8 Å². The van der Waals surface area contributed by atoms with Crippen molar-refractivity contribution < 1.29 is 9.79 Å². The Morgan fingerprint density at radius 3 is 1.62 bits per heavy atom. The van der Waals surface area contributed by atoms with Crippen LogP contribution in [0.15, 0.2) is 91.0 Å². The van der Waals surface area contributed by atoms with Crippen LogP contribution in [0.1, 0.15) is 29.2 Å². The van der Waals surface area contributed by atoms with Gasteiger partial charge in [0.05, 0.1) is 11.8 Å². The topological polar surface area (TPSA) is 52.5 Å². The number of hydrogen-bond acceptors (Lipinski definition) is 3. The van der Waals surface area contributed by atoms with Crippen molar-refractivity contribution in [3.63, 3.8) is 0 Å².